The number of halogens is 1. The van der Waals surface area contributed by atoms with E-state index in [1.54, 1.807) is 0 Å². The Morgan fingerprint density at radius 2 is 2.36 bits per heavy atom. The first-order valence-corrected chi connectivity index (χ1v) is 4.02. The zero-order valence-electron chi connectivity index (χ0n) is 6.00. The van der Waals surface area contributed by atoms with Gasteiger partial charge in [0.15, 0.2) is 0 Å². The maximum absolute atomic E-state index is 5.94. The molecule has 11 heavy (non-hydrogen) atoms. The predicted molar refractivity (Wildman–Crippen MR) is 42.4 cm³/mol. The lowest BCUT2D eigenvalue weighted by Gasteiger charge is -2.17. The third-order valence-corrected chi connectivity index (χ3v) is 2.27. The van der Waals surface area contributed by atoms with Gasteiger partial charge in [-0.3, -0.25) is 4.57 Å². The molecular weight excluding hydrogens is 164 g/mol. The lowest BCUT2D eigenvalue weighted by Crippen LogP contribution is -2.21. The molecular formula is C6H9ClN4. The molecule has 0 saturated carbocycles. The van der Waals surface area contributed by atoms with E-state index in [1.807, 2.05) is 4.57 Å². The number of anilines is 1. The van der Waals surface area contributed by atoms with Gasteiger partial charge in [0.05, 0.1) is 5.38 Å². The lowest BCUT2D eigenvalue weighted by atomic mass is 10.1. The third-order valence-electron chi connectivity index (χ3n) is 1.92. The Labute approximate surface area is 69.4 Å². The highest BCUT2D eigenvalue weighted by Gasteiger charge is 2.19. The molecule has 2 N–H and O–H groups in total. The summed E-state index contributed by atoms with van der Waals surface area (Å²) in [4.78, 5) is 0. The maximum atomic E-state index is 5.94. The van der Waals surface area contributed by atoms with Crippen molar-refractivity contribution in [1.29, 1.82) is 0 Å². The summed E-state index contributed by atoms with van der Waals surface area (Å²) in [5.74, 6) is 1.43. The molecule has 0 radical (unpaired) electrons. The monoisotopic (exact) mass is 172 g/mol. The molecule has 1 unspecified atom stereocenters. The standard InChI is InChI=1S/C6H9ClN4/c7-4-1-2-5-9-10-6(8)11(5)3-4/h4H,1-3H2,(H2,8,10). The van der Waals surface area contributed by atoms with Crippen LogP contribution in [0.1, 0.15) is 12.2 Å². The maximum Gasteiger partial charge on any atom is 0.222 e. The molecule has 1 aliphatic heterocycles. The van der Waals surface area contributed by atoms with Crippen LogP contribution in [-0.2, 0) is 13.0 Å². The largest absolute Gasteiger partial charge is 0.368 e. The van der Waals surface area contributed by atoms with Crippen LogP contribution in [0, 0.1) is 0 Å². The summed E-state index contributed by atoms with van der Waals surface area (Å²) < 4.78 is 1.88. The second-order valence-electron chi connectivity index (χ2n) is 2.72. The van der Waals surface area contributed by atoms with Gasteiger partial charge >= 0.3 is 0 Å². The smallest absolute Gasteiger partial charge is 0.222 e. The highest BCUT2D eigenvalue weighted by molar-refractivity contribution is 6.20. The highest BCUT2D eigenvalue weighted by Crippen LogP contribution is 2.19. The number of rotatable bonds is 0. The fourth-order valence-electron chi connectivity index (χ4n) is 1.31. The van der Waals surface area contributed by atoms with Crippen LogP contribution in [0.3, 0.4) is 0 Å². The predicted octanol–water partition coefficient (Wildman–Crippen LogP) is 0.414. The van der Waals surface area contributed by atoms with Gasteiger partial charge in [-0.25, -0.2) is 0 Å². The van der Waals surface area contributed by atoms with E-state index < -0.39 is 0 Å². The molecule has 0 spiro atoms. The Morgan fingerprint density at radius 3 is 3.18 bits per heavy atom. The van der Waals surface area contributed by atoms with E-state index in [1.165, 1.54) is 0 Å². The first-order chi connectivity index (χ1) is 5.27. The van der Waals surface area contributed by atoms with Gasteiger partial charge < -0.3 is 5.73 Å². The lowest BCUT2D eigenvalue weighted by molar-refractivity contribution is 0.534. The molecule has 5 heteroatoms. The first-order valence-electron chi connectivity index (χ1n) is 3.59. The summed E-state index contributed by atoms with van der Waals surface area (Å²) in [7, 11) is 0. The van der Waals surface area contributed by atoms with Crippen LogP contribution in [0.25, 0.3) is 0 Å². The van der Waals surface area contributed by atoms with Crippen LogP contribution in [0.5, 0.6) is 0 Å². The molecule has 2 heterocycles. The van der Waals surface area contributed by atoms with Crippen molar-refractivity contribution < 1.29 is 0 Å². The number of nitrogens with two attached hydrogens (primary N) is 1. The minimum Gasteiger partial charge on any atom is -0.368 e. The van der Waals surface area contributed by atoms with Crippen LogP contribution >= 0.6 is 11.6 Å². The minimum absolute atomic E-state index is 0.181. The number of aromatic nitrogens is 3. The van der Waals surface area contributed by atoms with E-state index in [0.717, 1.165) is 25.2 Å². The van der Waals surface area contributed by atoms with Crippen LogP contribution in [-0.4, -0.2) is 20.1 Å². The number of nitrogens with zero attached hydrogens (tertiary/aromatic N) is 3. The van der Waals surface area contributed by atoms with Crippen molar-refractivity contribution in [2.24, 2.45) is 0 Å². The average Bonchev–Trinajstić information content (AvgIpc) is 2.33. The van der Waals surface area contributed by atoms with E-state index in [4.69, 9.17) is 17.3 Å². The molecule has 0 aromatic carbocycles. The molecule has 1 aromatic rings. The molecule has 0 saturated heterocycles. The summed E-state index contributed by atoms with van der Waals surface area (Å²) in [6.07, 6.45) is 1.86. The molecule has 0 bridgehead atoms. The Morgan fingerprint density at radius 1 is 1.55 bits per heavy atom. The summed E-state index contributed by atoms with van der Waals surface area (Å²) in [5, 5.41) is 7.87. The Balaban J connectivity index is 2.37. The van der Waals surface area contributed by atoms with Crippen molar-refractivity contribution in [2.75, 3.05) is 5.73 Å². The summed E-state index contributed by atoms with van der Waals surface area (Å²) in [6, 6.07) is 0. The number of aryl methyl sites for hydroxylation is 1. The fraction of sp³-hybridized carbons (Fsp3) is 0.667. The Bertz CT molecular complexity index is 270. The Kier molecular flexibility index (Phi) is 1.49. The van der Waals surface area contributed by atoms with Crippen molar-refractivity contribution in [3.05, 3.63) is 5.82 Å². The zero-order valence-corrected chi connectivity index (χ0v) is 6.75. The van der Waals surface area contributed by atoms with Crippen molar-refractivity contribution in [3.63, 3.8) is 0 Å². The van der Waals surface area contributed by atoms with E-state index in [0.29, 0.717) is 5.95 Å². The first kappa shape index (κ1) is 6.91. The van der Waals surface area contributed by atoms with Crippen LogP contribution in [0.4, 0.5) is 5.95 Å². The second kappa shape index (κ2) is 2.37. The van der Waals surface area contributed by atoms with Gasteiger partial charge in [-0.2, -0.15) is 0 Å². The van der Waals surface area contributed by atoms with Gasteiger partial charge in [0.1, 0.15) is 5.82 Å². The number of alkyl halides is 1. The van der Waals surface area contributed by atoms with Crippen molar-refractivity contribution >= 4 is 17.5 Å². The summed E-state index contributed by atoms with van der Waals surface area (Å²) in [5.41, 5.74) is 5.55. The van der Waals surface area contributed by atoms with Gasteiger partial charge in [-0.15, -0.1) is 21.8 Å². The average molecular weight is 173 g/mol. The van der Waals surface area contributed by atoms with E-state index in [2.05, 4.69) is 10.2 Å². The van der Waals surface area contributed by atoms with Crippen LogP contribution in [0.2, 0.25) is 0 Å². The van der Waals surface area contributed by atoms with Gasteiger partial charge in [0.2, 0.25) is 5.95 Å². The molecule has 60 valence electrons. The van der Waals surface area contributed by atoms with Crippen molar-refractivity contribution in [2.45, 2.75) is 24.8 Å². The number of nitrogen functional groups attached to an aromatic ring is 1. The SMILES string of the molecule is Nc1nnc2n1CC(Cl)CC2. The molecule has 0 fully saturated rings. The summed E-state index contributed by atoms with van der Waals surface area (Å²) >= 11 is 5.94. The number of hydrogen-bond donors (Lipinski definition) is 1. The number of hydrogen-bond acceptors (Lipinski definition) is 3. The molecule has 1 aliphatic rings. The number of fused-ring (bicyclic) bond motifs is 1. The topological polar surface area (TPSA) is 56.7 Å². The van der Waals surface area contributed by atoms with E-state index >= 15 is 0 Å². The highest BCUT2D eigenvalue weighted by atomic mass is 35.5. The van der Waals surface area contributed by atoms with Crippen LogP contribution in [0.15, 0.2) is 0 Å². The van der Waals surface area contributed by atoms with Crippen LogP contribution < -0.4 is 5.73 Å². The van der Waals surface area contributed by atoms with E-state index in [-0.39, 0.29) is 5.38 Å². The normalized spacial score (nSPS) is 23.2. The van der Waals surface area contributed by atoms with Gasteiger partial charge in [0, 0.05) is 13.0 Å². The Hall–Kier alpha value is -0.770. The van der Waals surface area contributed by atoms with E-state index in [9.17, 15) is 0 Å². The molecule has 4 nitrogen and oxygen atoms in total. The molecule has 1 atom stereocenters. The fourth-order valence-corrected chi connectivity index (χ4v) is 1.56. The quantitative estimate of drug-likeness (QED) is 0.577. The molecule has 0 amide bonds. The zero-order chi connectivity index (χ0) is 7.84. The van der Waals surface area contributed by atoms with Gasteiger partial charge in [0.25, 0.3) is 0 Å². The molecule has 0 aliphatic carbocycles. The van der Waals surface area contributed by atoms with Gasteiger partial charge in [-0.1, -0.05) is 0 Å². The summed E-state index contributed by atoms with van der Waals surface area (Å²) in [6.45, 7) is 0.746. The second-order valence-corrected chi connectivity index (χ2v) is 3.34. The minimum atomic E-state index is 0.181. The van der Waals surface area contributed by atoms with Crippen molar-refractivity contribution in [1.82, 2.24) is 14.8 Å². The molecule has 2 rings (SSSR count). The van der Waals surface area contributed by atoms with Gasteiger partial charge in [-0.05, 0) is 6.42 Å². The third kappa shape index (κ3) is 1.07. The van der Waals surface area contributed by atoms with Crippen molar-refractivity contribution in [3.8, 4) is 0 Å². The molecule has 1 aromatic heterocycles.